The molecule has 0 radical (unpaired) electrons. The van der Waals surface area contributed by atoms with Crippen molar-refractivity contribution >= 4 is 0 Å². The van der Waals surface area contributed by atoms with Gasteiger partial charge in [0.05, 0.1) is 0 Å². The van der Waals surface area contributed by atoms with Gasteiger partial charge in [-0.05, 0) is 116 Å². The molecule has 0 amide bonds. The van der Waals surface area contributed by atoms with E-state index in [0.29, 0.717) is 41.5 Å². The Kier molecular flexibility index (Phi) is 8.67. The van der Waals surface area contributed by atoms with Crippen LogP contribution in [0.25, 0.3) is 0 Å². The summed E-state index contributed by atoms with van der Waals surface area (Å²) in [5.74, 6) is -0.0692. The summed E-state index contributed by atoms with van der Waals surface area (Å²) in [6.45, 7) is 13.3. The van der Waals surface area contributed by atoms with E-state index in [-0.39, 0.29) is 34.5 Å². The second kappa shape index (κ2) is 11.9. The van der Waals surface area contributed by atoms with Gasteiger partial charge in [0.2, 0.25) is 0 Å². The highest BCUT2D eigenvalue weighted by atomic mass is 16.3. The van der Waals surface area contributed by atoms with Gasteiger partial charge in [-0.2, -0.15) is 0 Å². The highest BCUT2D eigenvalue weighted by molar-refractivity contribution is 5.57. The first-order chi connectivity index (χ1) is 19.7. The van der Waals surface area contributed by atoms with Crippen molar-refractivity contribution in [1.82, 2.24) is 0 Å². The molecule has 0 aliphatic rings. The molecule has 0 aliphatic carbocycles. The number of hydrogen-bond donors (Lipinski definition) is 6. The molecule has 222 valence electrons. The molecule has 42 heavy (non-hydrogen) atoms. The third kappa shape index (κ3) is 5.71. The summed E-state index contributed by atoms with van der Waals surface area (Å²) in [6, 6.07) is 10.1. The van der Waals surface area contributed by atoms with Crippen LogP contribution in [0.4, 0.5) is 0 Å². The van der Waals surface area contributed by atoms with Crippen molar-refractivity contribution in [2.24, 2.45) is 0 Å². The third-order valence-electron chi connectivity index (χ3n) is 8.87. The molecule has 0 heterocycles. The van der Waals surface area contributed by atoms with Gasteiger partial charge >= 0.3 is 0 Å². The van der Waals surface area contributed by atoms with Gasteiger partial charge in [0.25, 0.3) is 0 Å². The van der Waals surface area contributed by atoms with E-state index in [4.69, 9.17) is 0 Å². The summed E-state index contributed by atoms with van der Waals surface area (Å²) in [5, 5.41) is 64.4. The predicted molar refractivity (Wildman–Crippen MR) is 167 cm³/mol. The van der Waals surface area contributed by atoms with Crippen LogP contribution in [0.2, 0.25) is 0 Å². The van der Waals surface area contributed by atoms with Gasteiger partial charge in [-0.3, -0.25) is 0 Å². The molecular formula is C36H42O6. The molecule has 0 saturated heterocycles. The lowest BCUT2D eigenvalue weighted by atomic mass is 9.83. The van der Waals surface area contributed by atoms with Gasteiger partial charge in [0.1, 0.15) is 34.5 Å². The standard InChI is InChI=1S/C36H42O6/c1-8-9-28(29-14-26(31(37)16-33(29)39)12-24-10-18(2)35(41)22(6)20(24)4)30-15-27(32(38)17-34(30)40)13-25-11-19(3)36(42)23(7)21(25)5/h10-11,14-17,28,37-42H,8-9,12-13H2,1-7H3. The fourth-order valence-electron chi connectivity index (χ4n) is 5.97. The summed E-state index contributed by atoms with van der Waals surface area (Å²) in [6.07, 6.45) is 2.18. The van der Waals surface area contributed by atoms with Crippen molar-refractivity contribution in [1.29, 1.82) is 0 Å². The van der Waals surface area contributed by atoms with E-state index in [9.17, 15) is 30.6 Å². The maximum atomic E-state index is 11.0. The molecule has 6 nitrogen and oxygen atoms in total. The van der Waals surface area contributed by atoms with E-state index in [1.807, 2.05) is 60.6 Å². The molecule has 0 aliphatic heterocycles. The Morgan fingerprint density at radius 3 is 1.21 bits per heavy atom. The van der Waals surface area contributed by atoms with Crippen molar-refractivity contribution in [3.05, 3.63) is 103 Å². The molecule has 4 rings (SSSR count). The zero-order valence-electron chi connectivity index (χ0n) is 25.6. The van der Waals surface area contributed by atoms with Gasteiger partial charge in [-0.15, -0.1) is 0 Å². The monoisotopic (exact) mass is 570 g/mol. The third-order valence-corrected chi connectivity index (χ3v) is 8.87. The zero-order valence-corrected chi connectivity index (χ0v) is 25.6. The number of benzene rings is 4. The molecule has 0 atom stereocenters. The Bertz CT molecular complexity index is 1550. The Hall–Kier alpha value is -4.32. The molecule has 6 N–H and O–H groups in total. The molecule has 4 aromatic rings. The highest BCUT2D eigenvalue weighted by Gasteiger charge is 2.25. The van der Waals surface area contributed by atoms with E-state index in [2.05, 4.69) is 0 Å². The lowest BCUT2D eigenvalue weighted by molar-refractivity contribution is 0.431. The van der Waals surface area contributed by atoms with Gasteiger partial charge in [-0.1, -0.05) is 25.5 Å². The fraction of sp³-hybridized carbons (Fsp3) is 0.333. The first-order valence-corrected chi connectivity index (χ1v) is 14.4. The quantitative estimate of drug-likeness (QED) is 0.128. The van der Waals surface area contributed by atoms with Crippen molar-refractivity contribution in [3.63, 3.8) is 0 Å². The van der Waals surface area contributed by atoms with E-state index < -0.39 is 5.92 Å². The van der Waals surface area contributed by atoms with Crippen LogP contribution in [-0.4, -0.2) is 30.6 Å². The minimum absolute atomic E-state index is 0.0292. The van der Waals surface area contributed by atoms with Crippen LogP contribution in [0.3, 0.4) is 0 Å². The molecular weight excluding hydrogens is 528 g/mol. The van der Waals surface area contributed by atoms with Crippen molar-refractivity contribution in [2.75, 3.05) is 0 Å². The van der Waals surface area contributed by atoms with Crippen LogP contribution in [0, 0.1) is 41.5 Å². The molecule has 0 spiro atoms. The molecule has 0 fully saturated rings. The Balaban J connectivity index is 1.81. The van der Waals surface area contributed by atoms with Crippen LogP contribution in [-0.2, 0) is 12.8 Å². The van der Waals surface area contributed by atoms with E-state index in [1.165, 1.54) is 12.1 Å². The minimum Gasteiger partial charge on any atom is -0.508 e. The number of aromatic hydroxyl groups is 6. The van der Waals surface area contributed by atoms with Crippen molar-refractivity contribution < 1.29 is 30.6 Å². The Morgan fingerprint density at radius 2 is 0.857 bits per heavy atom. The number of phenols is 6. The summed E-state index contributed by atoms with van der Waals surface area (Å²) >= 11 is 0. The number of phenolic OH excluding ortho intramolecular Hbond substituents is 6. The smallest absolute Gasteiger partial charge is 0.123 e. The number of hydrogen-bond acceptors (Lipinski definition) is 6. The SMILES string of the molecule is CCCC(c1cc(Cc2cc(C)c(O)c(C)c2C)c(O)cc1O)c1cc(Cc2cc(C)c(O)c(C)c2C)c(O)cc1O. The second-order valence-electron chi connectivity index (χ2n) is 11.7. The first kappa shape index (κ1) is 30.6. The van der Waals surface area contributed by atoms with Crippen LogP contribution in [0.5, 0.6) is 34.5 Å². The maximum Gasteiger partial charge on any atom is 0.123 e. The van der Waals surface area contributed by atoms with E-state index in [1.54, 1.807) is 12.1 Å². The molecule has 0 aromatic heterocycles. The Labute approximate surface area is 248 Å². The van der Waals surface area contributed by atoms with Gasteiger partial charge in [0, 0.05) is 42.0 Å². The van der Waals surface area contributed by atoms with Crippen molar-refractivity contribution in [2.45, 2.75) is 80.1 Å². The topological polar surface area (TPSA) is 121 Å². The van der Waals surface area contributed by atoms with Crippen LogP contribution in [0.1, 0.15) is 92.4 Å². The summed E-state index contributed by atoms with van der Waals surface area (Å²) < 4.78 is 0. The van der Waals surface area contributed by atoms with E-state index in [0.717, 1.165) is 50.9 Å². The maximum absolute atomic E-state index is 11.0. The van der Waals surface area contributed by atoms with Crippen LogP contribution in [0.15, 0.2) is 36.4 Å². The van der Waals surface area contributed by atoms with Crippen LogP contribution < -0.4 is 0 Å². The lowest BCUT2D eigenvalue weighted by Gasteiger charge is -2.23. The largest absolute Gasteiger partial charge is 0.508 e. The molecule has 6 heteroatoms. The highest BCUT2D eigenvalue weighted by Crippen LogP contribution is 2.44. The lowest BCUT2D eigenvalue weighted by Crippen LogP contribution is -2.06. The van der Waals surface area contributed by atoms with Gasteiger partial charge in [0.15, 0.2) is 0 Å². The first-order valence-electron chi connectivity index (χ1n) is 14.4. The Morgan fingerprint density at radius 1 is 0.476 bits per heavy atom. The predicted octanol–water partition coefficient (Wildman–Crippen LogP) is 7.88. The zero-order chi connectivity index (χ0) is 31.0. The summed E-state index contributed by atoms with van der Waals surface area (Å²) in [7, 11) is 0. The average Bonchev–Trinajstić information content (AvgIpc) is 2.94. The molecule has 0 unspecified atom stereocenters. The molecule has 0 saturated carbocycles. The number of rotatable bonds is 8. The normalized spacial score (nSPS) is 11.4. The molecule has 4 aromatic carbocycles. The minimum atomic E-state index is -0.400. The fourth-order valence-corrected chi connectivity index (χ4v) is 5.97. The average molecular weight is 571 g/mol. The summed E-state index contributed by atoms with van der Waals surface area (Å²) in [5.41, 5.74) is 9.31. The van der Waals surface area contributed by atoms with Crippen LogP contribution >= 0.6 is 0 Å². The van der Waals surface area contributed by atoms with Gasteiger partial charge in [-0.25, -0.2) is 0 Å². The second-order valence-corrected chi connectivity index (χ2v) is 11.7. The molecule has 0 bridgehead atoms. The van der Waals surface area contributed by atoms with E-state index >= 15 is 0 Å². The van der Waals surface area contributed by atoms with Gasteiger partial charge < -0.3 is 30.6 Å². The van der Waals surface area contributed by atoms with Crippen molar-refractivity contribution in [3.8, 4) is 34.5 Å². The number of aryl methyl sites for hydroxylation is 2. The summed E-state index contributed by atoms with van der Waals surface area (Å²) in [4.78, 5) is 0.